The molecule has 0 bridgehead atoms. The van der Waals surface area contributed by atoms with Gasteiger partial charge >= 0.3 is 0 Å². The SMILES string of the molecule is CN(CC=O)c1ccc(Cl)c(S(=O)(=O)C2(CF)CCOCC2)c1O. The molecule has 0 spiro atoms. The number of benzene rings is 1. The number of aromatic hydroxyl groups is 1. The standard InChI is InChI=1S/C15H19ClFNO5S/c1-18(6-7-19)12-3-2-11(16)14(13(12)20)24(21,22)15(10-17)4-8-23-9-5-15/h2-3,7,20H,4-6,8-10H2,1H3. The molecule has 0 atom stereocenters. The van der Waals surface area contributed by atoms with Crippen LogP contribution in [0.15, 0.2) is 17.0 Å². The first kappa shape index (κ1) is 19.0. The van der Waals surface area contributed by atoms with Crippen molar-refractivity contribution in [3.05, 3.63) is 17.2 Å². The number of rotatable bonds is 6. The summed E-state index contributed by atoms with van der Waals surface area (Å²) in [5.74, 6) is -0.578. The molecule has 1 aliphatic rings. The normalized spacial score (nSPS) is 17.5. The Morgan fingerprint density at radius 1 is 1.42 bits per heavy atom. The third kappa shape index (κ3) is 3.10. The van der Waals surface area contributed by atoms with E-state index in [2.05, 4.69) is 0 Å². The van der Waals surface area contributed by atoms with Gasteiger partial charge in [0.1, 0.15) is 22.6 Å². The Morgan fingerprint density at radius 3 is 2.58 bits per heavy atom. The minimum atomic E-state index is -4.26. The van der Waals surface area contributed by atoms with E-state index < -0.39 is 31.9 Å². The molecule has 0 amide bonds. The lowest BCUT2D eigenvalue weighted by molar-refractivity contribution is -0.106. The van der Waals surface area contributed by atoms with E-state index in [0.717, 1.165) is 0 Å². The zero-order valence-corrected chi connectivity index (χ0v) is 14.7. The maximum absolute atomic E-state index is 13.7. The maximum atomic E-state index is 13.7. The third-order valence-electron chi connectivity index (χ3n) is 4.31. The minimum Gasteiger partial charge on any atom is -0.504 e. The smallest absolute Gasteiger partial charge is 0.192 e. The van der Waals surface area contributed by atoms with E-state index in [9.17, 15) is 22.7 Å². The van der Waals surface area contributed by atoms with E-state index in [1.807, 2.05) is 0 Å². The predicted octanol–water partition coefficient (Wildman–Crippen LogP) is 1.97. The van der Waals surface area contributed by atoms with E-state index in [1.165, 1.54) is 24.1 Å². The van der Waals surface area contributed by atoms with Gasteiger partial charge in [0.25, 0.3) is 0 Å². The Kier molecular flexibility index (Phi) is 5.72. The molecule has 0 aliphatic carbocycles. The number of ether oxygens (including phenoxy) is 1. The van der Waals surface area contributed by atoms with Gasteiger partial charge in [0.15, 0.2) is 15.6 Å². The number of anilines is 1. The molecule has 1 aromatic rings. The van der Waals surface area contributed by atoms with Gasteiger partial charge in [-0.1, -0.05) is 11.6 Å². The van der Waals surface area contributed by atoms with Crippen LogP contribution in [-0.2, 0) is 19.4 Å². The van der Waals surface area contributed by atoms with Crippen LogP contribution in [0.1, 0.15) is 12.8 Å². The van der Waals surface area contributed by atoms with Gasteiger partial charge in [-0.25, -0.2) is 12.8 Å². The van der Waals surface area contributed by atoms with Gasteiger partial charge in [-0.2, -0.15) is 0 Å². The van der Waals surface area contributed by atoms with E-state index in [0.29, 0.717) is 6.29 Å². The highest BCUT2D eigenvalue weighted by Gasteiger charge is 2.48. The summed E-state index contributed by atoms with van der Waals surface area (Å²) in [6.07, 6.45) is 0.579. The topological polar surface area (TPSA) is 83.9 Å². The third-order valence-corrected chi connectivity index (χ3v) is 7.34. The second-order valence-electron chi connectivity index (χ2n) is 5.72. The fourth-order valence-corrected chi connectivity index (χ4v) is 5.17. The van der Waals surface area contributed by atoms with Gasteiger partial charge < -0.3 is 19.5 Å². The number of hydrogen-bond donors (Lipinski definition) is 1. The Morgan fingerprint density at radius 2 is 2.04 bits per heavy atom. The van der Waals surface area contributed by atoms with Crippen LogP contribution in [-0.4, -0.2) is 58.0 Å². The molecular weight excluding hydrogens is 361 g/mol. The number of likely N-dealkylation sites (N-methyl/N-ethyl adjacent to an activating group) is 1. The van der Waals surface area contributed by atoms with E-state index in [1.54, 1.807) is 0 Å². The monoisotopic (exact) mass is 379 g/mol. The van der Waals surface area contributed by atoms with Gasteiger partial charge in [-0.05, 0) is 25.0 Å². The van der Waals surface area contributed by atoms with Crippen LogP contribution in [0, 0.1) is 0 Å². The summed E-state index contributed by atoms with van der Waals surface area (Å²) in [5, 5.41) is 10.3. The summed E-state index contributed by atoms with van der Waals surface area (Å²) in [6.45, 7) is -0.905. The van der Waals surface area contributed by atoms with Crippen molar-refractivity contribution >= 4 is 33.4 Å². The molecule has 1 saturated heterocycles. The van der Waals surface area contributed by atoms with Gasteiger partial charge in [0.05, 0.1) is 17.3 Å². The van der Waals surface area contributed by atoms with Crippen molar-refractivity contribution in [3.63, 3.8) is 0 Å². The Labute approximate surface area is 145 Å². The van der Waals surface area contributed by atoms with Crippen molar-refractivity contribution in [1.82, 2.24) is 0 Å². The summed E-state index contributed by atoms with van der Waals surface area (Å²) < 4.78 is 43.4. The lowest BCUT2D eigenvalue weighted by Gasteiger charge is -2.34. The number of sulfone groups is 1. The molecule has 134 valence electrons. The molecule has 0 aromatic heterocycles. The molecule has 0 saturated carbocycles. The number of alkyl halides is 1. The number of halogens is 2. The number of carbonyl (C=O) groups is 1. The average Bonchev–Trinajstić information content (AvgIpc) is 2.55. The summed E-state index contributed by atoms with van der Waals surface area (Å²) in [4.78, 5) is 11.5. The highest BCUT2D eigenvalue weighted by atomic mass is 35.5. The Hall–Kier alpha value is -1.38. The molecule has 9 heteroatoms. The van der Waals surface area contributed by atoms with Crippen LogP contribution in [0.5, 0.6) is 5.75 Å². The zero-order valence-electron chi connectivity index (χ0n) is 13.2. The van der Waals surface area contributed by atoms with Crippen LogP contribution >= 0.6 is 11.6 Å². The van der Waals surface area contributed by atoms with Gasteiger partial charge in [0, 0.05) is 20.3 Å². The lowest BCUT2D eigenvalue weighted by Crippen LogP contribution is -2.46. The van der Waals surface area contributed by atoms with Crippen LogP contribution in [0.3, 0.4) is 0 Å². The molecule has 2 rings (SSSR count). The van der Waals surface area contributed by atoms with Crippen molar-refractivity contribution in [2.45, 2.75) is 22.5 Å². The Bertz CT molecular complexity index is 719. The molecule has 0 unspecified atom stereocenters. The highest BCUT2D eigenvalue weighted by Crippen LogP contribution is 2.45. The average molecular weight is 380 g/mol. The van der Waals surface area contributed by atoms with Crippen molar-refractivity contribution in [3.8, 4) is 5.75 Å². The molecule has 6 nitrogen and oxygen atoms in total. The quantitative estimate of drug-likeness (QED) is 0.761. The molecule has 0 radical (unpaired) electrons. The fourth-order valence-electron chi connectivity index (χ4n) is 2.74. The highest BCUT2D eigenvalue weighted by molar-refractivity contribution is 7.93. The number of hydrogen-bond acceptors (Lipinski definition) is 6. The molecule has 1 aliphatic heterocycles. The summed E-state index contributed by atoms with van der Waals surface area (Å²) >= 11 is 6.03. The first-order chi connectivity index (χ1) is 11.3. The summed E-state index contributed by atoms with van der Waals surface area (Å²) in [7, 11) is -2.74. The maximum Gasteiger partial charge on any atom is 0.192 e. The zero-order chi connectivity index (χ0) is 18.0. The number of phenols is 1. The molecule has 24 heavy (non-hydrogen) atoms. The number of nitrogens with zero attached hydrogens (tertiary/aromatic N) is 1. The van der Waals surface area contributed by atoms with Crippen LogP contribution < -0.4 is 4.90 Å². The Balaban J connectivity index is 2.61. The summed E-state index contributed by atoms with van der Waals surface area (Å²) in [5.41, 5.74) is 0.131. The van der Waals surface area contributed by atoms with Crippen LogP contribution in [0.2, 0.25) is 5.02 Å². The largest absolute Gasteiger partial charge is 0.504 e. The molecule has 1 heterocycles. The van der Waals surface area contributed by atoms with E-state index in [-0.39, 0.29) is 43.3 Å². The van der Waals surface area contributed by atoms with Crippen molar-refractivity contribution in [1.29, 1.82) is 0 Å². The summed E-state index contributed by atoms with van der Waals surface area (Å²) in [6, 6.07) is 2.72. The molecule has 1 N–H and O–H groups in total. The second-order valence-corrected chi connectivity index (χ2v) is 8.41. The van der Waals surface area contributed by atoms with Crippen molar-refractivity contribution in [2.75, 3.05) is 38.4 Å². The molecular formula is C15H19ClFNO5S. The van der Waals surface area contributed by atoms with Crippen molar-refractivity contribution < 1.29 is 27.4 Å². The molecule has 1 aromatic carbocycles. The van der Waals surface area contributed by atoms with Crippen LogP contribution in [0.25, 0.3) is 0 Å². The van der Waals surface area contributed by atoms with Gasteiger partial charge in [-0.15, -0.1) is 0 Å². The number of aldehydes is 1. The lowest BCUT2D eigenvalue weighted by atomic mass is 10.0. The second kappa shape index (κ2) is 7.25. The van der Waals surface area contributed by atoms with E-state index >= 15 is 0 Å². The van der Waals surface area contributed by atoms with Gasteiger partial charge in [0.2, 0.25) is 0 Å². The molecule has 1 fully saturated rings. The van der Waals surface area contributed by atoms with Crippen molar-refractivity contribution in [2.24, 2.45) is 0 Å². The number of phenolic OH excluding ortho intramolecular Hbond substituents is 1. The first-order valence-corrected chi connectivity index (χ1v) is 9.21. The fraction of sp³-hybridized carbons (Fsp3) is 0.533. The minimum absolute atomic E-state index is 0.0179. The number of carbonyl (C=O) groups excluding carboxylic acids is 1. The van der Waals surface area contributed by atoms with Gasteiger partial charge in [-0.3, -0.25) is 0 Å². The predicted molar refractivity (Wildman–Crippen MR) is 88.4 cm³/mol. The van der Waals surface area contributed by atoms with Crippen LogP contribution in [0.4, 0.5) is 10.1 Å². The van der Waals surface area contributed by atoms with E-state index in [4.69, 9.17) is 16.3 Å². The first-order valence-electron chi connectivity index (χ1n) is 7.35.